The summed E-state index contributed by atoms with van der Waals surface area (Å²) >= 11 is 0. The Bertz CT molecular complexity index is 358. The normalized spacial score (nSPS) is 12.4. The summed E-state index contributed by atoms with van der Waals surface area (Å²) in [7, 11) is 3.43. The molecule has 1 aromatic heterocycles. The zero-order valence-electron chi connectivity index (χ0n) is 11.1. The fourth-order valence-corrected chi connectivity index (χ4v) is 0.982. The molecular weight excluding hydrogens is 215 g/mol. The minimum absolute atomic E-state index is 0.658. The predicted octanol–water partition coefficient (Wildman–Crippen LogP) is 0.934. The van der Waals surface area contributed by atoms with E-state index in [0.29, 0.717) is 0 Å². The maximum Gasteiger partial charge on any atom is 0.332 e. The van der Waals surface area contributed by atoms with Crippen LogP contribution in [0.5, 0.6) is 0 Å². The predicted molar refractivity (Wildman–Crippen MR) is 70.6 cm³/mol. The SMILES string of the molecule is CNc1ccc([B]OC(C)(C)C(C)(C)O)cn1. The molecule has 4 nitrogen and oxygen atoms in total. The van der Waals surface area contributed by atoms with Crippen LogP contribution in [0.1, 0.15) is 27.7 Å². The molecule has 5 heteroatoms. The summed E-state index contributed by atoms with van der Waals surface area (Å²) in [5, 5.41) is 12.9. The van der Waals surface area contributed by atoms with Gasteiger partial charge in [-0.2, -0.15) is 0 Å². The van der Waals surface area contributed by atoms with Crippen LogP contribution in [0.15, 0.2) is 18.3 Å². The molecule has 2 N–H and O–H groups in total. The summed E-state index contributed by atoms with van der Waals surface area (Å²) < 4.78 is 5.62. The molecule has 0 aliphatic carbocycles. The number of aromatic nitrogens is 1. The number of hydrogen-bond donors (Lipinski definition) is 2. The molecule has 0 aromatic carbocycles. The van der Waals surface area contributed by atoms with Crippen molar-refractivity contribution < 1.29 is 9.76 Å². The molecule has 0 bridgehead atoms. The van der Waals surface area contributed by atoms with Crippen molar-refractivity contribution in [3.63, 3.8) is 0 Å². The van der Waals surface area contributed by atoms with Crippen molar-refractivity contribution in [2.24, 2.45) is 0 Å². The Morgan fingerprint density at radius 1 is 1.29 bits per heavy atom. The van der Waals surface area contributed by atoms with Crippen LogP contribution in [-0.2, 0) is 4.65 Å². The lowest BCUT2D eigenvalue weighted by molar-refractivity contribution is -0.0893. The van der Waals surface area contributed by atoms with Gasteiger partial charge in [-0.15, -0.1) is 0 Å². The lowest BCUT2D eigenvalue weighted by Gasteiger charge is -2.37. The molecule has 0 saturated heterocycles. The largest absolute Gasteiger partial charge is 0.427 e. The number of anilines is 1. The van der Waals surface area contributed by atoms with E-state index in [1.165, 1.54) is 0 Å². The standard InChI is InChI=1S/C12H20BN2O2/c1-11(2,16)12(3,4)17-13-9-6-7-10(14-5)15-8-9/h6-8,16H,1-5H3,(H,14,15). The van der Waals surface area contributed by atoms with E-state index >= 15 is 0 Å². The first-order chi connectivity index (χ1) is 7.76. The van der Waals surface area contributed by atoms with Gasteiger partial charge in [0, 0.05) is 13.2 Å². The maximum absolute atomic E-state index is 9.93. The molecular formula is C12H20BN2O2. The lowest BCUT2D eigenvalue weighted by Crippen LogP contribution is -2.49. The molecule has 93 valence electrons. The van der Waals surface area contributed by atoms with Gasteiger partial charge in [0.25, 0.3) is 0 Å². The second kappa shape index (κ2) is 5.06. The Morgan fingerprint density at radius 3 is 2.35 bits per heavy atom. The van der Waals surface area contributed by atoms with Crippen molar-refractivity contribution >= 4 is 18.8 Å². The molecule has 1 radical (unpaired) electrons. The molecule has 0 aliphatic rings. The summed E-state index contributed by atoms with van der Waals surface area (Å²) in [6, 6.07) is 3.77. The first-order valence-corrected chi connectivity index (χ1v) is 5.63. The number of nitrogens with one attached hydrogen (secondary N) is 1. The first-order valence-electron chi connectivity index (χ1n) is 5.63. The number of nitrogens with zero attached hydrogens (tertiary/aromatic N) is 1. The Hall–Kier alpha value is -1.07. The highest BCUT2D eigenvalue weighted by atomic mass is 16.5. The molecule has 1 heterocycles. The van der Waals surface area contributed by atoms with Gasteiger partial charge >= 0.3 is 7.48 Å². The average molecular weight is 235 g/mol. The lowest BCUT2D eigenvalue weighted by atomic mass is 9.83. The molecule has 0 aliphatic heterocycles. The summed E-state index contributed by atoms with van der Waals surface area (Å²) in [5.74, 6) is 0.809. The molecule has 0 atom stereocenters. The van der Waals surface area contributed by atoms with Crippen LogP contribution in [0.2, 0.25) is 0 Å². The zero-order valence-corrected chi connectivity index (χ0v) is 11.1. The van der Waals surface area contributed by atoms with Gasteiger partial charge in [0.05, 0.1) is 11.2 Å². The van der Waals surface area contributed by atoms with Gasteiger partial charge in [-0.25, -0.2) is 4.98 Å². The second-order valence-electron chi connectivity index (χ2n) is 5.03. The fourth-order valence-electron chi connectivity index (χ4n) is 0.982. The average Bonchev–Trinajstić information content (AvgIpc) is 2.25. The maximum atomic E-state index is 9.93. The number of pyridine rings is 1. The molecule has 1 aromatic rings. The number of rotatable bonds is 5. The topological polar surface area (TPSA) is 54.4 Å². The Kier molecular flexibility index (Phi) is 4.17. The molecule has 0 fully saturated rings. The van der Waals surface area contributed by atoms with Crippen molar-refractivity contribution in [2.75, 3.05) is 12.4 Å². The van der Waals surface area contributed by atoms with Crippen molar-refractivity contribution in [1.29, 1.82) is 0 Å². The van der Waals surface area contributed by atoms with E-state index < -0.39 is 11.2 Å². The minimum atomic E-state index is -0.915. The number of aliphatic hydroxyl groups is 1. The number of hydrogen-bond acceptors (Lipinski definition) is 4. The molecule has 1 rings (SSSR count). The third-order valence-electron chi connectivity index (χ3n) is 3.01. The van der Waals surface area contributed by atoms with E-state index in [2.05, 4.69) is 10.3 Å². The van der Waals surface area contributed by atoms with E-state index in [9.17, 15) is 5.11 Å². The Balaban J connectivity index is 2.61. The summed E-state index contributed by atoms with van der Waals surface area (Å²) in [6.45, 7) is 7.14. The zero-order chi connectivity index (χ0) is 13.1. The summed E-state index contributed by atoms with van der Waals surface area (Å²) in [6.07, 6.45) is 1.71. The highest BCUT2D eigenvalue weighted by molar-refractivity contribution is 6.46. The van der Waals surface area contributed by atoms with Crippen molar-refractivity contribution in [3.8, 4) is 0 Å². The van der Waals surface area contributed by atoms with Crippen LogP contribution >= 0.6 is 0 Å². The third kappa shape index (κ3) is 3.72. The van der Waals surface area contributed by atoms with Gasteiger partial charge in [-0.05, 0) is 39.2 Å². The summed E-state index contributed by atoms with van der Waals surface area (Å²) in [5.41, 5.74) is -0.711. The quantitative estimate of drug-likeness (QED) is 0.745. The fraction of sp³-hybridized carbons (Fsp3) is 0.583. The smallest absolute Gasteiger partial charge is 0.332 e. The van der Waals surface area contributed by atoms with Crippen LogP contribution in [0.3, 0.4) is 0 Å². The van der Waals surface area contributed by atoms with Crippen LogP contribution in [0, 0.1) is 0 Å². The monoisotopic (exact) mass is 235 g/mol. The molecule has 0 spiro atoms. The second-order valence-corrected chi connectivity index (χ2v) is 5.03. The van der Waals surface area contributed by atoms with Crippen LogP contribution in [0.25, 0.3) is 0 Å². The molecule has 0 saturated carbocycles. The van der Waals surface area contributed by atoms with E-state index in [4.69, 9.17) is 4.65 Å². The Labute approximate surface area is 104 Å². The van der Waals surface area contributed by atoms with E-state index in [-0.39, 0.29) is 0 Å². The van der Waals surface area contributed by atoms with E-state index in [1.807, 2.05) is 33.0 Å². The summed E-state index contributed by atoms with van der Waals surface area (Å²) in [4.78, 5) is 4.18. The van der Waals surface area contributed by atoms with Gasteiger partial charge in [0.15, 0.2) is 0 Å². The first kappa shape index (κ1) is 14.0. The van der Waals surface area contributed by atoms with Crippen LogP contribution in [-0.4, -0.2) is 35.8 Å². The highest BCUT2D eigenvalue weighted by Gasteiger charge is 2.35. The highest BCUT2D eigenvalue weighted by Crippen LogP contribution is 2.24. The molecule has 17 heavy (non-hydrogen) atoms. The van der Waals surface area contributed by atoms with Gasteiger partial charge in [0.1, 0.15) is 5.82 Å². The van der Waals surface area contributed by atoms with E-state index in [0.717, 1.165) is 11.3 Å². The van der Waals surface area contributed by atoms with E-state index in [1.54, 1.807) is 27.5 Å². The van der Waals surface area contributed by atoms with Gasteiger partial charge in [-0.1, -0.05) is 6.07 Å². The Morgan fingerprint density at radius 2 is 1.94 bits per heavy atom. The van der Waals surface area contributed by atoms with Gasteiger partial charge in [-0.3, -0.25) is 0 Å². The van der Waals surface area contributed by atoms with Gasteiger partial charge in [0.2, 0.25) is 0 Å². The van der Waals surface area contributed by atoms with Crippen LogP contribution in [0.4, 0.5) is 5.82 Å². The van der Waals surface area contributed by atoms with Crippen molar-refractivity contribution in [3.05, 3.63) is 18.3 Å². The molecule has 0 amide bonds. The minimum Gasteiger partial charge on any atom is -0.427 e. The third-order valence-corrected chi connectivity index (χ3v) is 3.01. The van der Waals surface area contributed by atoms with Gasteiger partial charge < -0.3 is 15.1 Å². The molecule has 0 unspecified atom stereocenters. The van der Waals surface area contributed by atoms with Crippen molar-refractivity contribution in [2.45, 2.75) is 38.9 Å². The van der Waals surface area contributed by atoms with Crippen molar-refractivity contribution in [1.82, 2.24) is 4.98 Å². The van der Waals surface area contributed by atoms with Crippen LogP contribution < -0.4 is 10.8 Å².